The van der Waals surface area contributed by atoms with Gasteiger partial charge in [0.2, 0.25) is 5.89 Å². The van der Waals surface area contributed by atoms with Crippen molar-refractivity contribution < 1.29 is 13.9 Å². The number of likely N-dealkylation sites (tertiary alicyclic amines) is 1. The van der Waals surface area contributed by atoms with E-state index in [1.807, 2.05) is 6.20 Å². The van der Waals surface area contributed by atoms with E-state index in [-0.39, 0.29) is 29.4 Å². The van der Waals surface area contributed by atoms with Crippen molar-refractivity contribution in [3.05, 3.63) is 17.8 Å². The lowest BCUT2D eigenvalue weighted by Crippen LogP contribution is -2.40. The zero-order valence-corrected chi connectivity index (χ0v) is 18.9. The number of methoxy groups -OCH3 is 1. The molecule has 0 bridgehead atoms. The summed E-state index contributed by atoms with van der Waals surface area (Å²) in [7, 11) is 3.50. The van der Waals surface area contributed by atoms with Crippen LogP contribution >= 0.6 is 24.0 Å². The van der Waals surface area contributed by atoms with Gasteiger partial charge in [0.25, 0.3) is 0 Å². The van der Waals surface area contributed by atoms with E-state index in [1.165, 1.54) is 0 Å². The number of aromatic nitrogens is 1. The Morgan fingerprint density at radius 3 is 2.81 bits per heavy atom. The number of guanidine groups is 1. The first-order valence-corrected chi connectivity index (χ1v) is 8.91. The Morgan fingerprint density at radius 1 is 1.42 bits per heavy atom. The lowest BCUT2D eigenvalue weighted by Gasteiger charge is -2.21. The Hall–Kier alpha value is -0.870. The predicted octanol–water partition coefficient (Wildman–Crippen LogP) is 2.65. The normalized spacial score (nSPS) is 18.1. The summed E-state index contributed by atoms with van der Waals surface area (Å²) in [6.45, 7) is 10.9. The maximum Gasteiger partial charge on any atom is 0.213 e. The Bertz CT molecular complexity index is 557. The van der Waals surface area contributed by atoms with Crippen molar-refractivity contribution in [1.82, 2.24) is 15.2 Å². The SMILES string of the molecule is CN=C(NCc1ncc(C(C)(C)C)o1)N1CCC(COCCOC)C1.I. The van der Waals surface area contributed by atoms with Crippen molar-refractivity contribution in [2.24, 2.45) is 10.9 Å². The number of halogens is 1. The fourth-order valence-electron chi connectivity index (χ4n) is 2.78. The minimum atomic E-state index is -0.0298. The molecule has 0 spiro atoms. The van der Waals surface area contributed by atoms with Gasteiger partial charge in [-0.2, -0.15) is 0 Å². The van der Waals surface area contributed by atoms with Crippen LogP contribution in [0.2, 0.25) is 0 Å². The molecule has 2 rings (SSSR count). The third kappa shape index (κ3) is 7.03. The molecule has 0 aromatic carbocycles. The van der Waals surface area contributed by atoms with Crippen LogP contribution in [-0.2, 0) is 21.4 Å². The van der Waals surface area contributed by atoms with E-state index in [0.717, 1.165) is 37.8 Å². The number of ether oxygens (including phenoxy) is 2. The molecule has 1 saturated heterocycles. The van der Waals surface area contributed by atoms with E-state index in [2.05, 4.69) is 41.0 Å². The molecule has 1 unspecified atom stereocenters. The van der Waals surface area contributed by atoms with Gasteiger partial charge in [-0.05, 0) is 6.42 Å². The summed E-state index contributed by atoms with van der Waals surface area (Å²) in [4.78, 5) is 11.0. The molecule has 1 aliphatic rings. The fourth-order valence-corrected chi connectivity index (χ4v) is 2.78. The zero-order valence-electron chi connectivity index (χ0n) is 16.6. The third-order valence-corrected chi connectivity index (χ3v) is 4.27. The molecular weight excluding hydrogens is 447 g/mol. The van der Waals surface area contributed by atoms with Crippen LogP contribution < -0.4 is 5.32 Å². The lowest BCUT2D eigenvalue weighted by molar-refractivity contribution is 0.0536. The molecule has 1 aromatic heterocycles. The number of hydrogen-bond donors (Lipinski definition) is 1. The molecule has 1 atom stereocenters. The van der Waals surface area contributed by atoms with Gasteiger partial charge in [0.05, 0.1) is 32.6 Å². The van der Waals surface area contributed by atoms with Crippen molar-refractivity contribution >= 4 is 29.9 Å². The average Bonchev–Trinajstić information content (AvgIpc) is 3.21. The predicted molar refractivity (Wildman–Crippen MR) is 113 cm³/mol. The van der Waals surface area contributed by atoms with Gasteiger partial charge in [-0.15, -0.1) is 24.0 Å². The molecule has 1 fully saturated rings. The Balaban J connectivity index is 0.00000338. The zero-order chi connectivity index (χ0) is 18.3. The Kier molecular flexibility index (Phi) is 9.88. The van der Waals surface area contributed by atoms with Crippen LogP contribution in [0.25, 0.3) is 0 Å². The van der Waals surface area contributed by atoms with Gasteiger partial charge in [-0.1, -0.05) is 20.8 Å². The first kappa shape index (κ1) is 23.2. The average molecular weight is 480 g/mol. The first-order chi connectivity index (χ1) is 11.9. The van der Waals surface area contributed by atoms with Gasteiger partial charge in [0, 0.05) is 38.6 Å². The number of oxazole rings is 1. The highest BCUT2D eigenvalue weighted by Crippen LogP contribution is 2.22. The van der Waals surface area contributed by atoms with Gasteiger partial charge in [-0.25, -0.2) is 4.98 Å². The van der Waals surface area contributed by atoms with Gasteiger partial charge >= 0.3 is 0 Å². The topological polar surface area (TPSA) is 72.1 Å². The molecule has 0 amide bonds. The third-order valence-electron chi connectivity index (χ3n) is 4.27. The van der Waals surface area contributed by atoms with Gasteiger partial charge in [-0.3, -0.25) is 4.99 Å². The van der Waals surface area contributed by atoms with Crippen LogP contribution in [0.15, 0.2) is 15.6 Å². The van der Waals surface area contributed by atoms with E-state index in [4.69, 9.17) is 13.9 Å². The highest BCUT2D eigenvalue weighted by Gasteiger charge is 2.25. The second-order valence-corrected chi connectivity index (χ2v) is 7.44. The largest absolute Gasteiger partial charge is 0.443 e. The number of rotatable bonds is 7. The lowest BCUT2D eigenvalue weighted by atomic mass is 9.94. The number of nitrogens with one attached hydrogen (secondary N) is 1. The molecule has 1 aliphatic heterocycles. The van der Waals surface area contributed by atoms with Crippen molar-refractivity contribution in [3.8, 4) is 0 Å². The standard InChI is InChI=1S/C18H32N4O3.HI/c1-18(2,3)15-10-20-16(25-15)11-21-17(19-4)22-7-6-14(12-22)13-24-9-8-23-5;/h10,14H,6-9,11-13H2,1-5H3,(H,19,21);1H. The highest BCUT2D eigenvalue weighted by molar-refractivity contribution is 14.0. The maximum atomic E-state index is 5.82. The van der Waals surface area contributed by atoms with Crippen LogP contribution in [0.4, 0.5) is 0 Å². The van der Waals surface area contributed by atoms with Crippen LogP contribution in [0, 0.1) is 5.92 Å². The van der Waals surface area contributed by atoms with Gasteiger partial charge < -0.3 is 24.1 Å². The quantitative estimate of drug-likeness (QED) is 0.280. The second-order valence-electron chi connectivity index (χ2n) is 7.44. The van der Waals surface area contributed by atoms with E-state index in [0.29, 0.717) is 31.6 Å². The molecular formula is C18H33IN4O3. The summed E-state index contributed by atoms with van der Waals surface area (Å²) >= 11 is 0. The molecule has 0 aliphatic carbocycles. The van der Waals surface area contributed by atoms with Crippen molar-refractivity contribution in [1.29, 1.82) is 0 Å². The van der Waals surface area contributed by atoms with E-state index >= 15 is 0 Å². The van der Waals surface area contributed by atoms with E-state index < -0.39 is 0 Å². The second kappa shape index (κ2) is 11.1. The maximum absolute atomic E-state index is 5.82. The molecule has 1 N–H and O–H groups in total. The molecule has 1 aromatic rings. The smallest absolute Gasteiger partial charge is 0.213 e. The van der Waals surface area contributed by atoms with Crippen molar-refractivity contribution in [2.45, 2.75) is 39.2 Å². The monoisotopic (exact) mass is 480 g/mol. The minimum Gasteiger partial charge on any atom is -0.443 e. The fraction of sp³-hybridized carbons (Fsp3) is 0.778. The summed E-state index contributed by atoms with van der Waals surface area (Å²) in [5.74, 6) is 3.00. The van der Waals surface area contributed by atoms with Crippen molar-refractivity contribution in [2.75, 3.05) is 47.1 Å². The Labute approximate surface area is 173 Å². The van der Waals surface area contributed by atoms with Crippen molar-refractivity contribution in [3.63, 3.8) is 0 Å². The first-order valence-electron chi connectivity index (χ1n) is 8.91. The number of aliphatic imine (C=N–C) groups is 1. The summed E-state index contributed by atoms with van der Waals surface area (Å²) in [6, 6.07) is 0. The van der Waals surface area contributed by atoms with Gasteiger partial charge in [0.15, 0.2) is 5.96 Å². The van der Waals surface area contributed by atoms with E-state index in [9.17, 15) is 0 Å². The molecule has 0 radical (unpaired) electrons. The summed E-state index contributed by atoms with van der Waals surface area (Å²) in [6.07, 6.45) is 2.92. The van der Waals surface area contributed by atoms with Crippen LogP contribution in [0.3, 0.4) is 0 Å². The molecule has 8 heteroatoms. The number of hydrogen-bond acceptors (Lipinski definition) is 5. The highest BCUT2D eigenvalue weighted by atomic mass is 127. The molecule has 26 heavy (non-hydrogen) atoms. The number of nitrogens with zero attached hydrogens (tertiary/aromatic N) is 3. The van der Waals surface area contributed by atoms with Crippen LogP contribution in [-0.4, -0.2) is 62.9 Å². The summed E-state index contributed by atoms with van der Waals surface area (Å²) in [5.41, 5.74) is -0.0298. The molecule has 0 saturated carbocycles. The van der Waals surface area contributed by atoms with E-state index in [1.54, 1.807) is 14.2 Å². The molecule has 150 valence electrons. The van der Waals surface area contributed by atoms with Crippen LogP contribution in [0.1, 0.15) is 38.8 Å². The summed E-state index contributed by atoms with van der Waals surface area (Å²) < 4.78 is 16.5. The molecule has 7 nitrogen and oxygen atoms in total. The minimum absolute atomic E-state index is 0. The molecule has 2 heterocycles. The van der Waals surface area contributed by atoms with Gasteiger partial charge in [0.1, 0.15) is 5.76 Å². The summed E-state index contributed by atoms with van der Waals surface area (Å²) in [5, 5.41) is 3.35. The van der Waals surface area contributed by atoms with Crippen LogP contribution in [0.5, 0.6) is 0 Å². The Morgan fingerprint density at radius 2 is 2.19 bits per heavy atom.